The number of aromatic amines is 2. The molecule has 0 spiro atoms. The summed E-state index contributed by atoms with van der Waals surface area (Å²) in [6, 6.07) is 8.98. The van der Waals surface area contributed by atoms with Gasteiger partial charge >= 0.3 is 5.69 Å². The Morgan fingerprint density at radius 1 is 1.15 bits per heavy atom. The number of aromatic nitrogens is 2. The first-order valence-corrected chi connectivity index (χ1v) is 9.65. The quantitative estimate of drug-likeness (QED) is 0.590. The number of carbonyl (C=O) groups excluding carboxylic acids is 1. The lowest BCUT2D eigenvalue weighted by atomic mass is 10.0. The Kier molecular flexibility index (Phi) is 5.93. The largest absolute Gasteiger partial charge is 0.345 e. The van der Waals surface area contributed by atoms with Crippen LogP contribution in [0.2, 0.25) is 5.02 Å². The van der Waals surface area contributed by atoms with E-state index in [4.69, 9.17) is 11.6 Å². The van der Waals surface area contributed by atoms with Crippen molar-refractivity contribution in [2.45, 2.75) is 25.8 Å². The first-order chi connectivity index (χ1) is 12.9. The summed E-state index contributed by atoms with van der Waals surface area (Å²) in [6.45, 7) is 1.64. The van der Waals surface area contributed by atoms with Crippen molar-refractivity contribution in [2.75, 3.05) is 0 Å². The van der Waals surface area contributed by atoms with Crippen molar-refractivity contribution in [2.24, 2.45) is 0 Å². The molecule has 6 nitrogen and oxygen atoms in total. The van der Waals surface area contributed by atoms with E-state index in [2.05, 4.69) is 15.3 Å². The lowest BCUT2D eigenvalue weighted by Gasteiger charge is -2.19. The summed E-state index contributed by atoms with van der Waals surface area (Å²) in [4.78, 5) is 40.4. The van der Waals surface area contributed by atoms with Crippen molar-refractivity contribution in [3.63, 3.8) is 0 Å². The van der Waals surface area contributed by atoms with Crippen LogP contribution in [0, 0.1) is 6.92 Å². The van der Waals surface area contributed by atoms with Crippen LogP contribution in [0.5, 0.6) is 0 Å². The summed E-state index contributed by atoms with van der Waals surface area (Å²) in [5.41, 5.74) is 1.77. The molecule has 0 saturated carbocycles. The van der Waals surface area contributed by atoms with Gasteiger partial charge in [0.15, 0.2) is 0 Å². The fraction of sp³-hybridized carbons (Fsp3) is 0.211. The van der Waals surface area contributed by atoms with Crippen molar-refractivity contribution in [3.8, 4) is 0 Å². The molecule has 1 atom stereocenters. The summed E-state index contributed by atoms with van der Waals surface area (Å²) in [5.74, 6) is -0.189. The van der Waals surface area contributed by atoms with Crippen LogP contribution in [-0.4, -0.2) is 15.9 Å². The Hall–Kier alpha value is -2.64. The SMILES string of the molecule is Cc1[nH]c(=O)[nH]c(=O)c1CCC(=O)NC(c1ccc(Cl)cc1)c1ccsc1. The van der Waals surface area contributed by atoms with Crippen LogP contribution in [0.4, 0.5) is 0 Å². The molecule has 3 aromatic rings. The third-order valence-corrected chi connectivity index (χ3v) is 5.20. The third-order valence-electron chi connectivity index (χ3n) is 4.24. The van der Waals surface area contributed by atoms with Crippen LogP contribution in [0.3, 0.4) is 0 Å². The van der Waals surface area contributed by atoms with Crippen molar-refractivity contribution in [3.05, 3.63) is 89.3 Å². The molecule has 140 valence electrons. The molecule has 0 aliphatic rings. The van der Waals surface area contributed by atoms with Gasteiger partial charge in [0.05, 0.1) is 6.04 Å². The Labute approximate surface area is 164 Å². The average molecular weight is 404 g/mol. The van der Waals surface area contributed by atoms with Crippen molar-refractivity contribution >= 4 is 28.8 Å². The van der Waals surface area contributed by atoms with Gasteiger partial charge in [0.2, 0.25) is 5.91 Å². The van der Waals surface area contributed by atoms with E-state index in [1.54, 1.807) is 30.4 Å². The van der Waals surface area contributed by atoms with Crippen molar-refractivity contribution in [1.29, 1.82) is 0 Å². The normalized spacial score (nSPS) is 11.9. The Morgan fingerprint density at radius 3 is 2.52 bits per heavy atom. The van der Waals surface area contributed by atoms with E-state index < -0.39 is 11.2 Å². The number of aryl methyl sites for hydroxylation is 1. The van der Waals surface area contributed by atoms with Crippen LogP contribution < -0.4 is 16.6 Å². The van der Waals surface area contributed by atoms with Crippen LogP contribution in [-0.2, 0) is 11.2 Å². The monoisotopic (exact) mass is 403 g/mol. The van der Waals surface area contributed by atoms with Gasteiger partial charge in [0, 0.05) is 22.7 Å². The van der Waals surface area contributed by atoms with Crippen molar-refractivity contribution < 1.29 is 4.79 Å². The molecule has 3 rings (SSSR count). The number of carbonyl (C=O) groups is 1. The van der Waals surface area contributed by atoms with Crippen LogP contribution in [0.25, 0.3) is 0 Å². The molecule has 0 bridgehead atoms. The van der Waals surface area contributed by atoms with Gasteiger partial charge < -0.3 is 10.3 Å². The topological polar surface area (TPSA) is 94.8 Å². The van der Waals surface area contributed by atoms with E-state index in [1.165, 1.54) is 0 Å². The number of rotatable bonds is 6. The van der Waals surface area contributed by atoms with Gasteiger partial charge in [-0.25, -0.2) is 4.79 Å². The number of hydrogen-bond donors (Lipinski definition) is 3. The van der Waals surface area contributed by atoms with Gasteiger partial charge in [0.1, 0.15) is 0 Å². The lowest BCUT2D eigenvalue weighted by Crippen LogP contribution is -2.31. The Morgan fingerprint density at radius 2 is 1.89 bits per heavy atom. The second-order valence-corrected chi connectivity index (χ2v) is 7.34. The van der Waals surface area contributed by atoms with Gasteiger partial charge in [-0.05, 0) is 53.4 Å². The Bertz CT molecular complexity index is 1040. The number of thiophene rings is 1. The molecule has 0 fully saturated rings. The molecule has 0 radical (unpaired) electrons. The molecule has 2 heterocycles. The van der Waals surface area contributed by atoms with Gasteiger partial charge in [0.25, 0.3) is 5.56 Å². The standard InChI is InChI=1S/C19H18ClN3O3S/c1-11-15(18(25)23-19(26)21-11)6-7-16(24)22-17(13-8-9-27-10-13)12-2-4-14(20)5-3-12/h2-5,8-10,17H,6-7H2,1H3,(H,22,24)(H2,21,23,25,26). The molecule has 1 unspecified atom stereocenters. The van der Waals surface area contributed by atoms with Gasteiger partial charge in [-0.2, -0.15) is 11.3 Å². The predicted octanol–water partition coefficient (Wildman–Crippen LogP) is 2.92. The average Bonchev–Trinajstić information content (AvgIpc) is 3.14. The number of H-pyrrole nitrogens is 2. The maximum Gasteiger partial charge on any atom is 0.325 e. The molecule has 0 saturated heterocycles. The molecule has 1 aromatic carbocycles. The zero-order valence-electron chi connectivity index (χ0n) is 14.5. The molecule has 0 aliphatic heterocycles. The van der Waals surface area contributed by atoms with Gasteiger partial charge in [-0.15, -0.1) is 0 Å². The van der Waals surface area contributed by atoms with Crippen LogP contribution in [0.15, 0.2) is 50.7 Å². The van der Waals surface area contributed by atoms with Crippen molar-refractivity contribution in [1.82, 2.24) is 15.3 Å². The molecule has 2 aromatic heterocycles. The molecule has 3 N–H and O–H groups in total. The molecular weight excluding hydrogens is 386 g/mol. The lowest BCUT2D eigenvalue weighted by molar-refractivity contribution is -0.121. The minimum Gasteiger partial charge on any atom is -0.345 e. The smallest absolute Gasteiger partial charge is 0.325 e. The highest BCUT2D eigenvalue weighted by Crippen LogP contribution is 2.25. The molecule has 27 heavy (non-hydrogen) atoms. The number of benzene rings is 1. The zero-order valence-corrected chi connectivity index (χ0v) is 16.1. The fourth-order valence-corrected chi connectivity index (χ4v) is 3.66. The first-order valence-electron chi connectivity index (χ1n) is 8.33. The minimum absolute atomic E-state index is 0.129. The van der Waals surface area contributed by atoms with E-state index in [1.807, 2.05) is 29.0 Å². The summed E-state index contributed by atoms with van der Waals surface area (Å²) >= 11 is 7.51. The summed E-state index contributed by atoms with van der Waals surface area (Å²) in [5, 5.41) is 7.58. The summed E-state index contributed by atoms with van der Waals surface area (Å²) in [7, 11) is 0. The molecular formula is C19H18ClN3O3S. The number of nitrogens with one attached hydrogen (secondary N) is 3. The predicted molar refractivity (Wildman–Crippen MR) is 106 cm³/mol. The number of halogens is 1. The molecule has 1 amide bonds. The zero-order chi connectivity index (χ0) is 19.4. The van der Waals surface area contributed by atoms with Gasteiger partial charge in [-0.3, -0.25) is 14.6 Å². The van der Waals surface area contributed by atoms with E-state index in [0.717, 1.165) is 11.1 Å². The molecule has 8 heteroatoms. The van der Waals surface area contributed by atoms with E-state index in [-0.39, 0.29) is 24.8 Å². The maximum atomic E-state index is 12.5. The molecule has 0 aliphatic carbocycles. The fourth-order valence-electron chi connectivity index (χ4n) is 2.85. The highest BCUT2D eigenvalue weighted by Gasteiger charge is 2.18. The minimum atomic E-state index is -0.550. The third kappa shape index (κ3) is 4.75. The highest BCUT2D eigenvalue weighted by molar-refractivity contribution is 7.08. The Balaban J connectivity index is 1.75. The summed E-state index contributed by atoms with van der Waals surface area (Å²) < 4.78 is 0. The number of amides is 1. The maximum absolute atomic E-state index is 12.5. The highest BCUT2D eigenvalue weighted by atomic mass is 35.5. The van der Waals surface area contributed by atoms with Crippen LogP contribution >= 0.6 is 22.9 Å². The van der Waals surface area contributed by atoms with Crippen LogP contribution in [0.1, 0.15) is 34.8 Å². The van der Waals surface area contributed by atoms with Gasteiger partial charge in [-0.1, -0.05) is 23.7 Å². The summed E-state index contributed by atoms with van der Waals surface area (Å²) in [6.07, 6.45) is 0.366. The van der Waals surface area contributed by atoms with E-state index in [9.17, 15) is 14.4 Å². The first kappa shape index (κ1) is 19.1. The second-order valence-electron chi connectivity index (χ2n) is 6.12. The van der Waals surface area contributed by atoms with E-state index in [0.29, 0.717) is 16.3 Å². The second kappa shape index (κ2) is 8.37. The van der Waals surface area contributed by atoms with E-state index >= 15 is 0 Å². The number of hydrogen-bond acceptors (Lipinski definition) is 4.